The molecule has 1 saturated heterocycles. The number of carbonyl (C=O) groups excluding carboxylic acids is 1. The van der Waals surface area contributed by atoms with E-state index < -0.39 is 0 Å². The second-order valence-corrected chi connectivity index (χ2v) is 9.06. The minimum atomic E-state index is 0.0977. The fourth-order valence-electron chi connectivity index (χ4n) is 4.43. The van der Waals surface area contributed by atoms with Gasteiger partial charge in [-0.3, -0.25) is 4.79 Å². The van der Waals surface area contributed by atoms with Crippen LogP contribution < -0.4 is 10.2 Å². The topological polar surface area (TPSA) is 45.2 Å². The molecule has 2 heterocycles. The van der Waals surface area contributed by atoms with E-state index in [4.69, 9.17) is 4.98 Å². The van der Waals surface area contributed by atoms with Gasteiger partial charge in [0.1, 0.15) is 0 Å². The van der Waals surface area contributed by atoms with E-state index in [1.54, 1.807) is 11.3 Å². The molecule has 140 valence electrons. The van der Waals surface area contributed by atoms with Gasteiger partial charge in [-0.1, -0.05) is 36.7 Å². The van der Waals surface area contributed by atoms with Crippen LogP contribution in [0.15, 0.2) is 12.1 Å². The number of piperidine rings is 1. The molecule has 0 spiro atoms. The highest BCUT2D eigenvalue weighted by Crippen LogP contribution is 2.33. The summed E-state index contributed by atoms with van der Waals surface area (Å²) in [6.45, 7) is 6.08. The third-order valence-electron chi connectivity index (χ3n) is 5.83. The molecule has 0 radical (unpaired) electrons. The van der Waals surface area contributed by atoms with Crippen LogP contribution in [0.4, 0.5) is 5.13 Å². The summed E-state index contributed by atoms with van der Waals surface area (Å²) in [6, 6.07) is 4.82. The molecule has 2 fully saturated rings. The Morgan fingerprint density at radius 1 is 1.15 bits per heavy atom. The van der Waals surface area contributed by atoms with Crippen LogP contribution in [0.1, 0.15) is 56.1 Å². The lowest BCUT2D eigenvalue weighted by molar-refractivity contribution is -0.126. The maximum atomic E-state index is 12.8. The number of amides is 1. The highest BCUT2D eigenvalue weighted by Gasteiger charge is 2.29. The van der Waals surface area contributed by atoms with Gasteiger partial charge in [0, 0.05) is 19.1 Å². The van der Waals surface area contributed by atoms with E-state index >= 15 is 0 Å². The number of aromatic nitrogens is 1. The Labute approximate surface area is 160 Å². The van der Waals surface area contributed by atoms with E-state index in [1.807, 2.05) is 0 Å². The molecule has 1 aliphatic carbocycles. The van der Waals surface area contributed by atoms with Gasteiger partial charge in [0.2, 0.25) is 5.91 Å². The van der Waals surface area contributed by atoms with Gasteiger partial charge in [-0.25, -0.2) is 4.98 Å². The van der Waals surface area contributed by atoms with Crippen molar-refractivity contribution in [3.63, 3.8) is 0 Å². The number of nitrogens with one attached hydrogen (secondary N) is 1. The summed E-state index contributed by atoms with van der Waals surface area (Å²) in [7, 11) is 0. The highest BCUT2D eigenvalue weighted by atomic mass is 32.1. The van der Waals surface area contributed by atoms with Crippen LogP contribution in [0.25, 0.3) is 10.2 Å². The van der Waals surface area contributed by atoms with Crippen LogP contribution in [-0.4, -0.2) is 30.0 Å². The second kappa shape index (κ2) is 7.55. The monoisotopic (exact) mass is 371 g/mol. The van der Waals surface area contributed by atoms with E-state index in [-0.39, 0.29) is 11.8 Å². The van der Waals surface area contributed by atoms with Crippen molar-refractivity contribution < 1.29 is 4.79 Å². The quantitative estimate of drug-likeness (QED) is 0.859. The zero-order valence-electron chi connectivity index (χ0n) is 15.9. The summed E-state index contributed by atoms with van der Waals surface area (Å²) in [5.41, 5.74) is 3.64. The molecule has 1 aromatic carbocycles. The lowest BCUT2D eigenvalue weighted by Gasteiger charge is -2.33. The van der Waals surface area contributed by atoms with E-state index in [0.717, 1.165) is 49.4 Å². The Morgan fingerprint density at radius 3 is 2.77 bits per heavy atom. The third-order valence-corrected chi connectivity index (χ3v) is 6.90. The van der Waals surface area contributed by atoms with Crippen molar-refractivity contribution in [3.8, 4) is 0 Å². The van der Waals surface area contributed by atoms with Gasteiger partial charge in [-0.2, -0.15) is 0 Å². The first-order valence-electron chi connectivity index (χ1n) is 10.0. The Bertz CT molecular complexity index is 794. The normalized spacial score (nSPS) is 21.9. The number of hydrogen-bond donors (Lipinski definition) is 1. The van der Waals surface area contributed by atoms with Gasteiger partial charge in [-0.05, 0) is 56.7 Å². The molecule has 1 aromatic heterocycles. The number of carbonyl (C=O) groups is 1. The molecule has 1 atom stereocenters. The molecular formula is C21H29N3OS. The van der Waals surface area contributed by atoms with E-state index in [9.17, 15) is 4.79 Å². The van der Waals surface area contributed by atoms with Crippen molar-refractivity contribution in [2.45, 2.75) is 64.8 Å². The van der Waals surface area contributed by atoms with Crippen LogP contribution in [-0.2, 0) is 4.79 Å². The molecule has 26 heavy (non-hydrogen) atoms. The van der Waals surface area contributed by atoms with Gasteiger partial charge >= 0.3 is 0 Å². The van der Waals surface area contributed by atoms with Gasteiger partial charge in [0.05, 0.1) is 16.1 Å². The lowest BCUT2D eigenvalue weighted by atomic mass is 9.93. The van der Waals surface area contributed by atoms with Crippen molar-refractivity contribution >= 4 is 32.6 Å². The summed E-state index contributed by atoms with van der Waals surface area (Å²) >= 11 is 1.76. The maximum Gasteiger partial charge on any atom is 0.225 e. The SMILES string of the molecule is Cc1cc(C)c2nc(N3CCCC(C(=O)NC4CCCCC4)C3)sc2c1. The van der Waals surface area contributed by atoms with Crippen molar-refractivity contribution in [1.82, 2.24) is 10.3 Å². The Hall–Kier alpha value is -1.62. The van der Waals surface area contributed by atoms with Crippen molar-refractivity contribution in [2.24, 2.45) is 5.92 Å². The number of rotatable bonds is 3. The smallest absolute Gasteiger partial charge is 0.225 e. The summed E-state index contributed by atoms with van der Waals surface area (Å²) in [5, 5.41) is 4.39. The molecule has 1 saturated carbocycles. The molecular weight excluding hydrogens is 342 g/mol. The number of anilines is 1. The number of aryl methyl sites for hydroxylation is 2. The predicted octanol–water partition coefficient (Wildman–Crippen LogP) is 4.58. The standard InChI is InChI=1S/C21H29N3OS/c1-14-11-15(2)19-18(12-14)26-21(23-19)24-10-6-7-16(13-24)20(25)22-17-8-4-3-5-9-17/h11-12,16-17H,3-10,13H2,1-2H3,(H,22,25). The first-order chi connectivity index (χ1) is 12.6. The molecule has 4 rings (SSSR count). The average Bonchev–Trinajstić information content (AvgIpc) is 3.07. The summed E-state index contributed by atoms with van der Waals surface area (Å²) in [4.78, 5) is 20.0. The predicted molar refractivity (Wildman–Crippen MR) is 109 cm³/mol. The number of hydrogen-bond acceptors (Lipinski definition) is 4. The Morgan fingerprint density at radius 2 is 1.96 bits per heavy atom. The maximum absolute atomic E-state index is 12.8. The number of nitrogens with zero attached hydrogens (tertiary/aromatic N) is 2. The van der Waals surface area contributed by atoms with Crippen LogP contribution in [0, 0.1) is 19.8 Å². The molecule has 1 unspecified atom stereocenters. The molecule has 1 aliphatic heterocycles. The summed E-state index contributed by atoms with van der Waals surface area (Å²) < 4.78 is 1.26. The first kappa shape index (κ1) is 17.8. The Kier molecular flexibility index (Phi) is 5.16. The molecule has 2 aliphatic rings. The van der Waals surface area contributed by atoms with Gasteiger partial charge in [0.15, 0.2) is 5.13 Å². The highest BCUT2D eigenvalue weighted by molar-refractivity contribution is 7.22. The van der Waals surface area contributed by atoms with Crippen LogP contribution in [0.5, 0.6) is 0 Å². The van der Waals surface area contributed by atoms with Gasteiger partial charge < -0.3 is 10.2 Å². The largest absolute Gasteiger partial charge is 0.353 e. The van der Waals surface area contributed by atoms with Gasteiger partial charge in [-0.15, -0.1) is 0 Å². The molecule has 0 bridgehead atoms. The molecule has 1 N–H and O–H groups in total. The average molecular weight is 372 g/mol. The van der Waals surface area contributed by atoms with Crippen LogP contribution >= 0.6 is 11.3 Å². The molecule has 4 nitrogen and oxygen atoms in total. The fraction of sp³-hybridized carbons (Fsp3) is 0.619. The lowest BCUT2D eigenvalue weighted by Crippen LogP contribution is -2.46. The molecule has 1 amide bonds. The molecule has 5 heteroatoms. The van der Waals surface area contributed by atoms with Gasteiger partial charge in [0.25, 0.3) is 0 Å². The van der Waals surface area contributed by atoms with E-state index in [1.165, 1.54) is 35.1 Å². The number of benzene rings is 1. The van der Waals surface area contributed by atoms with E-state index in [2.05, 4.69) is 36.2 Å². The fourth-order valence-corrected chi connectivity index (χ4v) is 5.60. The summed E-state index contributed by atoms with van der Waals surface area (Å²) in [6.07, 6.45) is 8.20. The first-order valence-corrected chi connectivity index (χ1v) is 10.8. The van der Waals surface area contributed by atoms with Crippen LogP contribution in [0.2, 0.25) is 0 Å². The van der Waals surface area contributed by atoms with Crippen LogP contribution in [0.3, 0.4) is 0 Å². The second-order valence-electron chi connectivity index (χ2n) is 8.05. The third kappa shape index (κ3) is 3.73. The zero-order valence-corrected chi connectivity index (χ0v) is 16.7. The van der Waals surface area contributed by atoms with Crippen molar-refractivity contribution in [3.05, 3.63) is 23.3 Å². The van der Waals surface area contributed by atoms with Crippen molar-refractivity contribution in [1.29, 1.82) is 0 Å². The minimum Gasteiger partial charge on any atom is -0.353 e. The van der Waals surface area contributed by atoms with E-state index in [0.29, 0.717) is 6.04 Å². The number of thiazole rings is 1. The minimum absolute atomic E-state index is 0.0977. The summed E-state index contributed by atoms with van der Waals surface area (Å²) in [5.74, 6) is 0.357. The zero-order chi connectivity index (χ0) is 18.1. The number of fused-ring (bicyclic) bond motifs is 1. The van der Waals surface area contributed by atoms with Crippen molar-refractivity contribution in [2.75, 3.05) is 18.0 Å². The Balaban J connectivity index is 1.46. The molecule has 2 aromatic rings.